The Hall–Kier alpha value is -2.53. The van der Waals surface area contributed by atoms with Crippen molar-refractivity contribution in [2.75, 3.05) is 49.5 Å². The number of anilines is 2. The van der Waals surface area contributed by atoms with Gasteiger partial charge in [-0.2, -0.15) is 0 Å². The molecule has 0 fully saturated rings. The van der Waals surface area contributed by atoms with Crippen LogP contribution >= 0.6 is 0 Å². The standard InChI is InChI=1S/C22H32N4O/c1-4-25(16-14-23)21-12-10-20(11-13-21)24-15-17-26(5-2)22(27)19-8-6-18(3)7-9-19/h6-13,24H,4-5,14-17,23H2,1-3H3. The number of benzene rings is 2. The van der Waals surface area contributed by atoms with Crippen molar-refractivity contribution in [3.8, 4) is 0 Å². The molecule has 5 heteroatoms. The summed E-state index contributed by atoms with van der Waals surface area (Å²) < 4.78 is 0. The largest absolute Gasteiger partial charge is 0.383 e. The molecule has 2 rings (SSSR count). The fourth-order valence-corrected chi connectivity index (χ4v) is 3.03. The summed E-state index contributed by atoms with van der Waals surface area (Å²) in [5.41, 5.74) is 9.80. The monoisotopic (exact) mass is 368 g/mol. The lowest BCUT2D eigenvalue weighted by atomic mass is 10.1. The maximum absolute atomic E-state index is 12.6. The molecule has 0 spiro atoms. The van der Waals surface area contributed by atoms with Gasteiger partial charge in [-0.1, -0.05) is 17.7 Å². The molecule has 0 saturated heterocycles. The van der Waals surface area contributed by atoms with Crippen LogP contribution in [0.2, 0.25) is 0 Å². The number of hydrogen-bond acceptors (Lipinski definition) is 4. The quantitative estimate of drug-likeness (QED) is 0.675. The Morgan fingerprint density at radius 3 is 2.19 bits per heavy atom. The van der Waals surface area contributed by atoms with Gasteiger partial charge in [-0.25, -0.2) is 0 Å². The van der Waals surface area contributed by atoms with Gasteiger partial charge in [-0.3, -0.25) is 4.79 Å². The van der Waals surface area contributed by atoms with Gasteiger partial charge < -0.3 is 20.9 Å². The van der Waals surface area contributed by atoms with E-state index in [2.05, 4.69) is 41.4 Å². The summed E-state index contributed by atoms with van der Waals surface area (Å²) in [6, 6.07) is 16.1. The van der Waals surface area contributed by atoms with Crippen LogP contribution in [-0.2, 0) is 0 Å². The molecule has 0 heterocycles. The van der Waals surface area contributed by atoms with Crippen LogP contribution in [0.1, 0.15) is 29.8 Å². The van der Waals surface area contributed by atoms with Gasteiger partial charge in [0.25, 0.3) is 5.91 Å². The number of amides is 1. The number of carbonyl (C=O) groups is 1. The Morgan fingerprint density at radius 1 is 0.963 bits per heavy atom. The van der Waals surface area contributed by atoms with E-state index in [4.69, 9.17) is 5.73 Å². The highest BCUT2D eigenvalue weighted by molar-refractivity contribution is 5.94. The van der Waals surface area contributed by atoms with E-state index in [0.29, 0.717) is 26.2 Å². The van der Waals surface area contributed by atoms with Gasteiger partial charge in [-0.15, -0.1) is 0 Å². The SMILES string of the molecule is CCN(CCNc1ccc(N(CC)CCN)cc1)C(=O)c1ccc(C)cc1. The third kappa shape index (κ3) is 6.00. The van der Waals surface area contributed by atoms with E-state index < -0.39 is 0 Å². The van der Waals surface area contributed by atoms with Gasteiger partial charge in [0, 0.05) is 56.2 Å². The number of aryl methyl sites for hydroxylation is 1. The van der Waals surface area contributed by atoms with E-state index in [1.807, 2.05) is 43.0 Å². The number of likely N-dealkylation sites (N-methyl/N-ethyl adjacent to an activating group) is 2. The van der Waals surface area contributed by atoms with Crippen LogP contribution in [0.25, 0.3) is 0 Å². The fourth-order valence-electron chi connectivity index (χ4n) is 3.03. The number of nitrogens with one attached hydrogen (secondary N) is 1. The summed E-state index contributed by atoms with van der Waals surface area (Å²) >= 11 is 0. The number of carbonyl (C=O) groups excluding carboxylic acids is 1. The molecule has 146 valence electrons. The molecule has 0 atom stereocenters. The van der Waals surface area contributed by atoms with E-state index in [1.54, 1.807) is 0 Å². The van der Waals surface area contributed by atoms with E-state index in [-0.39, 0.29) is 5.91 Å². The number of nitrogens with two attached hydrogens (primary N) is 1. The third-order valence-corrected chi connectivity index (χ3v) is 4.69. The van der Waals surface area contributed by atoms with Crippen molar-refractivity contribution in [1.82, 2.24) is 4.90 Å². The van der Waals surface area contributed by atoms with Gasteiger partial charge in [0.05, 0.1) is 0 Å². The molecule has 2 aromatic rings. The molecule has 1 amide bonds. The molecule has 0 unspecified atom stereocenters. The van der Waals surface area contributed by atoms with Gasteiger partial charge in [0.1, 0.15) is 0 Å². The first-order valence-corrected chi connectivity index (χ1v) is 9.73. The molecule has 0 aliphatic heterocycles. The van der Waals surface area contributed by atoms with Crippen molar-refractivity contribution < 1.29 is 4.79 Å². The maximum atomic E-state index is 12.6. The zero-order valence-electron chi connectivity index (χ0n) is 16.7. The van der Waals surface area contributed by atoms with Crippen molar-refractivity contribution in [3.05, 3.63) is 59.7 Å². The van der Waals surface area contributed by atoms with Crippen molar-refractivity contribution in [3.63, 3.8) is 0 Å². The molecule has 0 radical (unpaired) electrons. The first kappa shape index (κ1) is 20.8. The maximum Gasteiger partial charge on any atom is 0.253 e. The zero-order chi connectivity index (χ0) is 19.6. The first-order valence-electron chi connectivity index (χ1n) is 9.73. The second-order valence-corrected chi connectivity index (χ2v) is 6.59. The van der Waals surface area contributed by atoms with Crippen LogP contribution in [0.15, 0.2) is 48.5 Å². The van der Waals surface area contributed by atoms with Gasteiger partial charge in [0.2, 0.25) is 0 Å². The minimum atomic E-state index is 0.0787. The highest BCUT2D eigenvalue weighted by Crippen LogP contribution is 2.17. The van der Waals surface area contributed by atoms with Crippen LogP contribution in [0, 0.1) is 6.92 Å². The van der Waals surface area contributed by atoms with Crippen molar-refractivity contribution in [2.24, 2.45) is 5.73 Å². The molecule has 0 aromatic heterocycles. The molecule has 27 heavy (non-hydrogen) atoms. The van der Waals surface area contributed by atoms with Gasteiger partial charge in [-0.05, 0) is 57.2 Å². The van der Waals surface area contributed by atoms with Crippen LogP contribution in [-0.4, -0.2) is 50.1 Å². The Balaban J connectivity index is 1.88. The fraction of sp³-hybridized carbons (Fsp3) is 0.409. The lowest BCUT2D eigenvalue weighted by Crippen LogP contribution is -2.34. The van der Waals surface area contributed by atoms with E-state index in [1.165, 1.54) is 5.69 Å². The summed E-state index contributed by atoms with van der Waals surface area (Å²) in [5, 5.41) is 3.40. The molecule has 0 aliphatic rings. The van der Waals surface area contributed by atoms with E-state index in [0.717, 1.165) is 29.9 Å². The molecular formula is C22H32N4O. The molecule has 3 N–H and O–H groups in total. The van der Waals surface area contributed by atoms with Crippen LogP contribution in [0.5, 0.6) is 0 Å². The summed E-state index contributed by atoms with van der Waals surface area (Å²) in [6.07, 6.45) is 0. The van der Waals surface area contributed by atoms with Crippen molar-refractivity contribution in [2.45, 2.75) is 20.8 Å². The lowest BCUT2D eigenvalue weighted by molar-refractivity contribution is 0.0770. The average Bonchev–Trinajstić information content (AvgIpc) is 2.70. The predicted molar refractivity (Wildman–Crippen MR) is 115 cm³/mol. The minimum Gasteiger partial charge on any atom is -0.383 e. The van der Waals surface area contributed by atoms with Crippen LogP contribution in [0.3, 0.4) is 0 Å². The Labute approximate surface area is 163 Å². The second kappa shape index (κ2) is 10.6. The molecule has 2 aromatic carbocycles. The molecule has 0 saturated carbocycles. The normalized spacial score (nSPS) is 10.5. The number of rotatable bonds is 10. The highest BCUT2D eigenvalue weighted by Gasteiger charge is 2.13. The molecule has 0 aliphatic carbocycles. The van der Waals surface area contributed by atoms with Crippen molar-refractivity contribution in [1.29, 1.82) is 0 Å². The Kier molecular flexibility index (Phi) is 8.14. The number of hydrogen-bond donors (Lipinski definition) is 2. The lowest BCUT2D eigenvalue weighted by Gasteiger charge is -2.23. The first-order chi connectivity index (χ1) is 13.1. The smallest absolute Gasteiger partial charge is 0.253 e. The topological polar surface area (TPSA) is 61.6 Å². The summed E-state index contributed by atoms with van der Waals surface area (Å²) in [4.78, 5) is 16.7. The Bertz CT molecular complexity index is 697. The second-order valence-electron chi connectivity index (χ2n) is 6.59. The van der Waals surface area contributed by atoms with Gasteiger partial charge in [0.15, 0.2) is 0 Å². The highest BCUT2D eigenvalue weighted by atomic mass is 16.2. The zero-order valence-corrected chi connectivity index (χ0v) is 16.7. The third-order valence-electron chi connectivity index (χ3n) is 4.69. The van der Waals surface area contributed by atoms with Crippen molar-refractivity contribution >= 4 is 17.3 Å². The predicted octanol–water partition coefficient (Wildman–Crippen LogP) is 3.35. The van der Waals surface area contributed by atoms with Gasteiger partial charge >= 0.3 is 0 Å². The number of nitrogens with zero attached hydrogens (tertiary/aromatic N) is 2. The summed E-state index contributed by atoms with van der Waals surface area (Å²) in [6.45, 7) is 10.7. The summed E-state index contributed by atoms with van der Waals surface area (Å²) in [7, 11) is 0. The molecule has 0 bridgehead atoms. The minimum absolute atomic E-state index is 0.0787. The average molecular weight is 369 g/mol. The molecular weight excluding hydrogens is 336 g/mol. The summed E-state index contributed by atoms with van der Waals surface area (Å²) in [5.74, 6) is 0.0787. The van der Waals surface area contributed by atoms with Crippen LogP contribution in [0.4, 0.5) is 11.4 Å². The van der Waals surface area contributed by atoms with E-state index in [9.17, 15) is 4.79 Å². The van der Waals surface area contributed by atoms with Crippen LogP contribution < -0.4 is 16.0 Å². The van der Waals surface area contributed by atoms with E-state index >= 15 is 0 Å². The molecule has 5 nitrogen and oxygen atoms in total. The Morgan fingerprint density at radius 2 is 1.63 bits per heavy atom.